The summed E-state index contributed by atoms with van der Waals surface area (Å²) in [6.07, 6.45) is 0.933. The Hall–Kier alpha value is -1.72. The molecule has 0 aliphatic carbocycles. The molecule has 0 radical (unpaired) electrons. The number of nitrogens with zero attached hydrogens (tertiary/aromatic N) is 1. The van der Waals surface area contributed by atoms with Gasteiger partial charge in [0.25, 0.3) is 0 Å². The Labute approximate surface area is 115 Å². The van der Waals surface area contributed by atoms with Gasteiger partial charge in [0.05, 0.1) is 11.5 Å². The van der Waals surface area contributed by atoms with E-state index in [1.165, 1.54) is 11.3 Å². The molecule has 0 unspecified atom stereocenters. The molecule has 4 nitrogen and oxygen atoms in total. The molecule has 0 aliphatic rings. The zero-order chi connectivity index (χ0) is 13.7. The van der Waals surface area contributed by atoms with Crippen LogP contribution in [-0.2, 0) is 11.3 Å². The zero-order valence-electron chi connectivity index (χ0n) is 10.6. The molecule has 1 aromatic carbocycles. The molecule has 19 heavy (non-hydrogen) atoms. The van der Waals surface area contributed by atoms with Gasteiger partial charge in [-0.15, -0.1) is 11.3 Å². The van der Waals surface area contributed by atoms with Crippen LogP contribution in [0.2, 0.25) is 0 Å². The van der Waals surface area contributed by atoms with Crippen molar-refractivity contribution in [2.24, 2.45) is 0 Å². The summed E-state index contributed by atoms with van der Waals surface area (Å²) < 4.78 is 5.41. The summed E-state index contributed by atoms with van der Waals surface area (Å²) in [4.78, 5) is 16.1. The summed E-state index contributed by atoms with van der Waals surface area (Å²) in [7, 11) is 0. The van der Waals surface area contributed by atoms with Crippen LogP contribution in [0.5, 0.6) is 0 Å². The van der Waals surface area contributed by atoms with E-state index in [1.807, 2.05) is 37.3 Å². The molecule has 0 bridgehead atoms. The fourth-order valence-electron chi connectivity index (χ4n) is 1.66. The van der Waals surface area contributed by atoms with E-state index in [0.29, 0.717) is 23.1 Å². The highest BCUT2D eigenvalue weighted by Crippen LogP contribution is 2.30. The molecule has 0 spiro atoms. The van der Waals surface area contributed by atoms with Gasteiger partial charge in [-0.2, -0.15) is 0 Å². The lowest BCUT2D eigenvalue weighted by Gasteiger charge is -1.97. The molecule has 2 aromatic rings. The van der Waals surface area contributed by atoms with Crippen molar-refractivity contribution in [1.29, 1.82) is 0 Å². The first kappa shape index (κ1) is 13.7. The molecule has 1 N–H and O–H groups in total. The largest absolute Gasteiger partial charge is 0.476 e. The van der Waals surface area contributed by atoms with Gasteiger partial charge in [-0.05, 0) is 12.0 Å². The van der Waals surface area contributed by atoms with Crippen molar-refractivity contribution >= 4 is 17.3 Å². The number of aromatic carboxylic acids is 1. The lowest BCUT2D eigenvalue weighted by molar-refractivity contribution is 0.0691. The quantitative estimate of drug-likeness (QED) is 0.822. The standard InChI is InChI=1S/C14H15NO3S/c1-2-8-18-9-11-15-12(14(16)17)13(19-11)10-6-4-3-5-7-10/h3-7H,2,8-9H2,1H3,(H,16,17). The van der Waals surface area contributed by atoms with Gasteiger partial charge in [-0.25, -0.2) is 9.78 Å². The Balaban J connectivity index is 2.29. The van der Waals surface area contributed by atoms with Gasteiger partial charge in [-0.1, -0.05) is 37.3 Å². The Morgan fingerprint density at radius 2 is 2.11 bits per heavy atom. The van der Waals surface area contributed by atoms with Crippen molar-refractivity contribution in [2.75, 3.05) is 6.61 Å². The van der Waals surface area contributed by atoms with Crippen LogP contribution in [0.15, 0.2) is 30.3 Å². The van der Waals surface area contributed by atoms with Crippen LogP contribution < -0.4 is 0 Å². The third-order valence-electron chi connectivity index (χ3n) is 2.48. The number of ether oxygens (including phenoxy) is 1. The summed E-state index contributed by atoms with van der Waals surface area (Å²) in [5.41, 5.74) is 0.977. The lowest BCUT2D eigenvalue weighted by Crippen LogP contribution is -2.00. The van der Waals surface area contributed by atoms with Crippen LogP contribution in [0, 0.1) is 0 Å². The van der Waals surface area contributed by atoms with E-state index in [2.05, 4.69) is 4.98 Å². The van der Waals surface area contributed by atoms with E-state index in [0.717, 1.165) is 12.0 Å². The van der Waals surface area contributed by atoms with Crippen molar-refractivity contribution in [3.8, 4) is 10.4 Å². The molecular formula is C14H15NO3S. The summed E-state index contributed by atoms with van der Waals surface area (Å²) >= 11 is 1.37. The van der Waals surface area contributed by atoms with Crippen LogP contribution in [0.1, 0.15) is 28.8 Å². The highest BCUT2D eigenvalue weighted by Gasteiger charge is 2.18. The normalized spacial score (nSPS) is 10.6. The van der Waals surface area contributed by atoms with Crippen molar-refractivity contribution in [3.05, 3.63) is 41.0 Å². The number of thiazole rings is 1. The molecule has 1 heterocycles. The summed E-state index contributed by atoms with van der Waals surface area (Å²) in [5.74, 6) is -1.00. The molecular weight excluding hydrogens is 262 g/mol. The summed E-state index contributed by atoms with van der Waals surface area (Å²) in [5, 5.41) is 9.91. The Kier molecular flexibility index (Phi) is 4.65. The first-order valence-corrected chi connectivity index (χ1v) is 6.90. The molecule has 0 saturated carbocycles. The van der Waals surface area contributed by atoms with Crippen molar-refractivity contribution in [1.82, 2.24) is 4.98 Å². The van der Waals surface area contributed by atoms with Gasteiger partial charge in [0, 0.05) is 6.61 Å². The Bertz CT molecular complexity index is 551. The van der Waals surface area contributed by atoms with E-state index in [1.54, 1.807) is 0 Å². The van der Waals surface area contributed by atoms with E-state index in [-0.39, 0.29) is 5.69 Å². The predicted molar refractivity (Wildman–Crippen MR) is 74.5 cm³/mol. The number of carboxylic acids is 1. The fraction of sp³-hybridized carbons (Fsp3) is 0.286. The molecule has 0 atom stereocenters. The molecule has 0 aliphatic heterocycles. The first-order valence-electron chi connectivity index (χ1n) is 6.08. The predicted octanol–water partition coefficient (Wildman–Crippen LogP) is 3.43. The number of hydrogen-bond donors (Lipinski definition) is 1. The minimum Gasteiger partial charge on any atom is -0.476 e. The second kappa shape index (κ2) is 6.45. The second-order valence-electron chi connectivity index (χ2n) is 4.01. The summed E-state index contributed by atoms with van der Waals surface area (Å²) in [6, 6.07) is 9.44. The van der Waals surface area contributed by atoms with E-state index in [9.17, 15) is 9.90 Å². The highest BCUT2D eigenvalue weighted by molar-refractivity contribution is 7.15. The molecule has 0 fully saturated rings. The smallest absolute Gasteiger partial charge is 0.356 e. The fourth-order valence-corrected chi connectivity index (χ4v) is 2.66. The lowest BCUT2D eigenvalue weighted by atomic mass is 10.1. The first-order chi connectivity index (χ1) is 9.22. The average Bonchev–Trinajstić information content (AvgIpc) is 2.84. The van der Waals surface area contributed by atoms with Crippen LogP contribution in [-0.4, -0.2) is 22.7 Å². The zero-order valence-corrected chi connectivity index (χ0v) is 11.4. The Morgan fingerprint density at radius 1 is 1.37 bits per heavy atom. The number of aromatic nitrogens is 1. The minimum absolute atomic E-state index is 0.103. The SMILES string of the molecule is CCCOCc1nc(C(=O)O)c(-c2ccccc2)s1. The Morgan fingerprint density at radius 3 is 2.74 bits per heavy atom. The number of carboxylic acid groups (broad SMARTS) is 1. The summed E-state index contributed by atoms with van der Waals surface area (Å²) in [6.45, 7) is 3.05. The van der Waals surface area contributed by atoms with Crippen molar-refractivity contribution in [3.63, 3.8) is 0 Å². The number of hydrogen-bond acceptors (Lipinski definition) is 4. The van der Waals surface area contributed by atoms with Crippen LogP contribution in [0.4, 0.5) is 0 Å². The highest BCUT2D eigenvalue weighted by atomic mass is 32.1. The average molecular weight is 277 g/mol. The van der Waals surface area contributed by atoms with Crippen LogP contribution >= 0.6 is 11.3 Å². The monoisotopic (exact) mass is 277 g/mol. The maximum Gasteiger partial charge on any atom is 0.356 e. The van der Waals surface area contributed by atoms with Crippen molar-refractivity contribution < 1.29 is 14.6 Å². The number of rotatable bonds is 6. The molecule has 0 amide bonds. The molecule has 100 valence electrons. The maximum atomic E-state index is 11.2. The van der Waals surface area contributed by atoms with Crippen LogP contribution in [0.25, 0.3) is 10.4 Å². The van der Waals surface area contributed by atoms with Gasteiger partial charge >= 0.3 is 5.97 Å². The van der Waals surface area contributed by atoms with E-state index in [4.69, 9.17) is 4.74 Å². The minimum atomic E-state index is -1.00. The van der Waals surface area contributed by atoms with Crippen molar-refractivity contribution in [2.45, 2.75) is 20.0 Å². The number of carbonyl (C=O) groups is 1. The molecule has 5 heteroatoms. The molecule has 2 rings (SSSR count). The van der Waals surface area contributed by atoms with Crippen LogP contribution in [0.3, 0.4) is 0 Å². The third-order valence-corrected chi connectivity index (χ3v) is 3.56. The van der Waals surface area contributed by atoms with Gasteiger partial charge in [-0.3, -0.25) is 0 Å². The van der Waals surface area contributed by atoms with E-state index < -0.39 is 5.97 Å². The van der Waals surface area contributed by atoms with Gasteiger partial charge in [0.1, 0.15) is 5.01 Å². The molecule has 1 aromatic heterocycles. The molecule has 0 saturated heterocycles. The number of benzene rings is 1. The topological polar surface area (TPSA) is 59.4 Å². The second-order valence-corrected chi connectivity index (χ2v) is 5.09. The van der Waals surface area contributed by atoms with E-state index >= 15 is 0 Å². The maximum absolute atomic E-state index is 11.2. The third kappa shape index (κ3) is 3.39. The van der Waals surface area contributed by atoms with Gasteiger partial charge < -0.3 is 9.84 Å². The van der Waals surface area contributed by atoms with Gasteiger partial charge in [0.15, 0.2) is 5.69 Å². The van der Waals surface area contributed by atoms with Gasteiger partial charge in [0.2, 0.25) is 0 Å².